The quantitative estimate of drug-likeness (QED) is 0.840. The van der Waals surface area contributed by atoms with Gasteiger partial charge in [0.2, 0.25) is 0 Å². The molecule has 0 amide bonds. The van der Waals surface area contributed by atoms with Gasteiger partial charge in [-0.3, -0.25) is 0 Å². The Morgan fingerprint density at radius 2 is 1.83 bits per heavy atom. The molecule has 2 heteroatoms. The number of benzene rings is 1. The molecule has 1 saturated heterocycles. The van der Waals surface area contributed by atoms with Crippen LogP contribution < -0.4 is 5.32 Å². The zero-order valence-electron chi connectivity index (χ0n) is 14.9. The highest BCUT2D eigenvalue weighted by Crippen LogP contribution is 2.42. The van der Waals surface area contributed by atoms with Crippen molar-refractivity contribution >= 4 is 0 Å². The summed E-state index contributed by atoms with van der Waals surface area (Å²) in [7, 11) is 0. The van der Waals surface area contributed by atoms with Crippen molar-refractivity contribution in [3.63, 3.8) is 0 Å². The number of rotatable bonds is 5. The molecule has 2 fully saturated rings. The molecule has 1 aromatic carbocycles. The fraction of sp³-hybridized carbons (Fsp3) is 0.714. The summed E-state index contributed by atoms with van der Waals surface area (Å²) in [4.78, 5) is 0. The molecule has 0 radical (unpaired) electrons. The van der Waals surface area contributed by atoms with E-state index < -0.39 is 0 Å². The van der Waals surface area contributed by atoms with Crippen LogP contribution in [0.4, 0.5) is 0 Å². The second-order valence-corrected chi connectivity index (χ2v) is 8.21. The minimum Gasteiger partial charge on any atom is -0.375 e. The third kappa shape index (κ3) is 4.36. The van der Waals surface area contributed by atoms with E-state index in [0.717, 1.165) is 26.0 Å². The molecule has 0 aromatic heterocycles. The average molecular weight is 316 g/mol. The number of nitrogens with one attached hydrogen (secondary N) is 1. The molecule has 1 heterocycles. The molecule has 23 heavy (non-hydrogen) atoms. The topological polar surface area (TPSA) is 21.3 Å². The molecule has 0 spiro atoms. The first-order valence-electron chi connectivity index (χ1n) is 9.53. The summed E-state index contributed by atoms with van der Waals surface area (Å²) in [5.41, 5.74) is 2.01. The van der Waals surface area contributed by atoms with Crippen molar-refractivity contribution in [2.45, 2.75) is 82.3 Å². The molecule has 1 N–H and O–H groups in total. The lowest BCUT2D eigenvalue weighted by Gasteiger charge is -2.40. The summed E-state index contributed by atoms with van der Waals surface area (Å²) in [6, 6.07) is 11.9. The largest absolute Gasteiger partial charge is 0.375 e. The molecule has 3 rings (SSSR count). The monoisotopic (exact) mass is 315 g/mol. The first-order chi connectivity index (χ1) is 11.1. The van der Waals surface area contributed by atoms with Crippen LogP contribution in [0.3, 0.4) is 0 Å². The highest BCUT2D eigenvalue weighted by molar-refractivity contribution is 5.26. The number of hydrogen-bond acceptors (Lipinski definition) is 2. The maximum Gasteiger partial charge on any atom is 0.0641 e. The van der Waals surface area contributed by atoms with Crippen LogP contribution in [0, 0.1) is 0 Å². The Balaban J connectivity index is 1.59. The van der Waals surface area contributed by atoms with Gasteiger partial charge in [-0.2, -0.15) is 0 Å². The van der Waals surface area contributed by atoms with Gasteiger partial charge in [-0.15, -0.1) is 0 Å². The van der Waals surface area contributed by atoms with Crippen molar-refractivity contribution in [2.24, 2.45) is 0 Å². The van der Waals surface area contributed by atoms with E-state index in [9.17, 15) is 0 Å². The van der Waals surface area contributed by atoms with Gasteiger partial charge in [-0.05, 0) is 63.5 Å². The van der Waals surface area contributed by atoms with Crippen LogP contribution in [0.15, 0.2) is 30.3 Å². The Labute approximate surface area is 142 Å². The normalized spacial score (nSPS) is 26.8. The van der Waals surface area contributed by atoms with Gasteiger partial charge in [0, 0.05) is 12.6 Å². The van der Waals surface area contributed by atoms with Gasteiger partial charge in [0.15, 0.2) is 0 Å². The lowest BCUT2D eigenvalue weighted by Crippen LogP contribution is -2.45. The molecule has 2 aliphatic rings. The van der Waals surface area contributed by atoms with E-state index >= 15 is 0 Å². The molecular formula is C21H33NO. The van der Waals surface area contributed by atoms with Crippen molar-refractivity contribution in [3.8, 4) is 0 Å². The fourth-order valence-electron chi connectivity index (χ4n) is 4.62. The fourth-order valence-corrected chi connectivity index (χ4v) is 4.62. The SMILES string of the molecule is CC1(C)C[C@H](NCCC2(c3ccccc3)CCCCC2)CCO1. The second-order valence-electron chi connectivity index (χ2n) is 8.21. The van der Waals surface area contributed by atoms with Crippen molar-refractivity contribution in [3.05, 3.63) is 35.9 Å². The predicted molar refractivity (Wildman–Crippen MR) is 96.9 cm³/mol. The molecular weight excluding hydrogens is 282 g/mol. The molecule has 1 aliphatic heterocycles. The highest BCUT2D eigenvalue weighted by Gasteiger charge is 2.34. The minimum atomic E-state index is 0.0396. The zero-order valence-corrected chi connectivity index (χ0v) is 14.9. The summed E-state index contributed by atoms with van der Waals surface area (Å²) < 4.78 is 5.84. The third-order valence-corrected chi connectivity index (χ3v) is 5.93. The Morgan fingerprint density at radius 1 is 1.09 bits per heavy atom. The molecule has 1 aromatic rings. The molecule has 1 aliphatic carbocycles. The van der Waals surface area contributed by atoms with Gasteiger partial charge in [0.1, 0.15) is 0 Å². The van der Waals surface area contributed by atoms with Gasteiger partial charge in [0.25, 0.3) is 0 Å². The van der Waals surface area contributed by atoms with Gasteiger partial charge in [-0.25, -0.2) is 0 Å². The van der Waals surface area contributed by atoms with E-state index in [-0.39, 0.29) is 5.60 Å². The number of ether oxygens (including phenoxy) is 1. The highest BCUT2D eigenvalue weighted by atomic mass is 16.5. The first kappa shape index (κ1) is 17.0. The first-order valence-corrected chi connectivity index (χ1v) is 9.53. The van der Waals surface area contributed by atoms with Crippen molar-refractivity contribution in [1.82, 2.24) is 5.32 Å². The lowest BCUT2D eigenvalue weighted by atomic mass is 9.67. The van der Waals surface area contributed by atoms with E-state index in [2.05, 4.69) is 49.5 Å². The van der Waals surface area contributed by atoms with E-state index in [1.165, 1.54) is 38.5 Å². The van der Waals surface area contributed by atoms with Crippen LogP contribution in [0.2, 0.25) is 0 Å². The van der Waals surface area contributed by atoms with E-state index in [4.69, 9.17) is 4.74 Å². The van der Waals surface area contributed by atoms with Gasteiger partial charge >= 0.3 is 0 Å². The molecule has 2 nitrogen and oxygen atoms in total. The van der Waals surface area contributed by atoms with Crippen molar-refractivity contribution in [2.75, 3.05) is 13.2 Å². The second kappa shape index (κ2) is 7.36. The van der Waals surface area contributed by atoms with Gasteiger partial charge < -0.3 is 10.1 Å². The molecule has 0 bridgehead atoms. The van der Waals surface area contributed by atoms with Crippen molar-refractivity contribution < 1.29 is 4.74 Å². The van der Waals surface area contributed by atoms with Crippen LogP contribution in [0.25, 0.3) is 0 Å². The Morgan fingerprint density at radius 3 is 2.52 bits per heavy atom. The van der Waals surface area contributed by atoms with Crippen LogP contribution in [-0.2, 0) is 10.2 Å². The Hall–Kier alpha value is -0.860. The molecule has 1 atom stereocenters. The summed E-state index contributed by atoms with van der Waals surface area (Å²) in [6.07, 6.45) is 10.5. The zero-order chi connectivity index (χ0) is 16.2. The number of hydrogen-bond donors (Lipinski definition) is 1. The summed E-state index contributed by atoms with van der Waals surface area (Å²) in [6.45, 7) is 6.46. The van der Waals surface area contributed by atoms with Gasteiger partial charge in [0.05, 0.1) is 5.60 Å². The van der Waals surface area contributed by atoms with Crippen LogP contribution in [0.1, 0.15) is 70.8 Å². The standard InChI is InChI=1S/C21H33NO/c1-20(2)17-19(11-16-23-20)22-15-14-21(12-7-4-8-13-21)18-9-5-3-6-10-18/h3,5-6,9-10,19,22H,4,7-8,11-17H2,1-2H3/t19-/m1/s1. The van der Waals surface area contributed by atoms with Gasteiger partial charge in [-0.1, -0.05) is 49.6 Å². The smallest absolute Gasteiger partial charge is 0.0641 e. The average Bonchev–Trinajstić information content (AvgIpc) is 2.56. The maximum absolute atomic E-state index is 5.84. The predicted octanol–water partition coefficient (Wildman–Crippen LogP) is 4.83. The summed E-state index contributed by atoms with van der Waals surface area (Å²) in [5, 5.41) is 3.84. The Kier molecular flexibility index (Phi) is 5.43. The summed E-state index contributed by atoms with van der Waals surface area (Å²) in [5.74, 6) is 0. The lowest BCUT2D eigenvalue weighted by molar-refractivity contribution is -0.0629. The van der Waals surface area contributed by atoms with E-state index in [0.29, 0.717) is 11.5 Å². The molecule has 1 saturated carbocycles. The van der Waals surface area contributed by atoms with Crippen LogP contribution in [0.5, 0.6) is 0 Å². The van der Waals surface area contributed by atoms with Crippen LogP contribution in [-0.4, -0.2) is 24.8 Å². The molecule has 0 unspecified atom stereocenters. The van der Waals surface area contributed by atoms with Crippen LogP contribution >= 0.6 is 0 Å². The minimum absolute atomic E-state index is 0.0396. The maximum atomic E-state index is 5.84. The van der Waals surface area contributed by atoms with Crippen molar-refractivity contribution in [1.29, 1.82) is 0 Å². The molecule has 128 valence electrons. The van der Waals surface area contributed by atoms with E-state index in [1.807, 2.05) is 0 Å². The van der Waals surface area contributed by atoms with E-state index in [1.54, 1.807) is 5.56 Å². The third-order valence-electron chi connectivity index (χ3n) is 5.93. The Bertz CT molecular complexity index is 476. The summed E-state index contributed by atoms with van der Waals surface area (Å²) >= 11 is 0.